The fourth-order valence-electron chi connectivity index (χ4n) is 2.90. The quantitative estimate of drug-likeness (QED) is 0.623. The number of benzene rings is 1. The second kappa shape index (κ2) is 8.82. The third-order valence-electron chi connectivity index (χ3n) is 4.23. The van der Waals surface area contributed by atoms with Crippen molar-refractivity contribution in [2.45, 2.75) is 23.2 Å². The van der Waals surface area contributed by atoms with E-state index in [-0.39, 0.29) is 24.2 Å². The molecule has 1 amide bonds. The molecule has 0 spiro atoms. The number of anilines is 1. The molecule has 28 heavy (non-hydrogen) atoms. The Labute approximate surface area is 166 Å². The first-order valence-electron chi connectivity index (χ1n) is 8.34. The Kier molecular flexibility index (Phi) is 6.45. The molecule has 1 atom stereocenters. The smallest absolute Gasteiger partial charge is 0.355 e. The SMILES string of the molecule is O=C(O)c1csc(SCCN2C(=O)CCC2CNc2c(F)cc(F)cc2F)n1. The third-order valence-corrected chi connectivity index (χ3v) is 6.24. The number of carboxylic acid groups (broad SMARTS) is 1. The summed E-state index contributed by atoms with van der Waals surface area (Å²) in [6.07, 6.45) is 0.882. The lowest BCUT2D eigenvalue weighted by molar-refractivity contribution is -0.128. The maximum Gasteiger partial charge on any atom is 0.355 e. The summed E-state index contributed by atoms with van der Waals surface area (Å²) in [4.78, 5) is 28.5. The second-order valence-electron chi connectivity index (χ2n) is 6.06. The summed E-state index contributed by atoms with van der Waals surface area (Å²) in [6, 6.07) is 0.945. The molecule has 1 unspecified atom stereocenters. The number of aromatic carboxylic acids is 1. The highest BCUT2D eigenvalue weighted by Gasteiger charge is 2.30. The summed E-state index contributed by atoms with van der Waals surface area (Å²) in [5, 5.41) is 13.0. The molecule has 11 heteroatoms. The van der Waals surface area contributed by atoms with Gasteiger partial charge in [0.1, 0.15) is 11.5 Å². The van der Waals surface area contributed by atoms with Crippen molar-refractivity contribution in [1.82, 2.24) is 9.88 Å². The highest BCUT2D eigenvalue weighted by Crippen LogP contribution is 2.26. The first-order chi connectivity index (χ1) is 13.3. The maximum atomic E-state index is 13.7. The lowest BCUT2D eigenvalue weighted by Crippen LogP contribution is -2.39. The van der Waals surface area contributed by atoms with Crippen molar-refractivity contribution < 1.29 is 27.9 Å². The number of carbonyl (C=O) groups is 2. The van der Waals surface area contributed by atoms with Crippen molar-refractivity contribution in [2.75, 3.05) is 24.2 Å². The number of hydrogen-bond donors (Lipinski definition) is 2. The van der Waals surface area contributed by atoms with Gasteiger partial charge in [0.05, 0.1) is 0 Å². The topological polar surface area (TPSA) is 82.5 Å². The molecule has 2 heterocycles. The lowest BCUT2D eigenvalue weighted by atomic mass is 10.2. The molecule has 0 aliphatic carbocycles. The Morgan fingerprint density at radius 3 is 2.71 bits per heavy atom. The van der Waals surface area contributed by atoms with Gasteiger partial charge in [-0.15, -0.1) is 11.3 Å². The van der Waals surface area contributed by atoms with Gasteiger partial charge >= 0.3 is 5.97 Å². The van der Waals surface area contributed by atoms with Crippen LogP contribution in [0, 0.1) is 17.5 Å². The van der Waals surface area contributed by atoms with Gasteiger partial charge in [-0.25, -0.2) is 22.9 Å². The maximum absolute atomic E-state index is 13.7. The third kappa shape index (κ3) is 4.76. The molecule has 1 aliphatic heterocycles. The number of carboxylic acids is 1. The van der Waals surface area contributed by atoms with Crippen LogP contribution in [-0.2, 0) is 4.79 Å². The molecular formula is C17H16F3N3O3S2. The number of nitrogens with one attached hydrogen (secondary N) is 1. The van der Waals surface area contributed by atoms with Crippen molar-refractivity contribution in [3.05, 3.63) is 40.7 Å². The van der Waals surface area contributed by atoms with Crippen LogP contribution in [0.4, 0.5) is 18.9 Å². The minimum absolute atomic E-state index is 0.0184. The van der Waals surface area contributed by atoms with E-state index in [2.05, 4.69) is 10.3 Å². The average molecular weight is 431 g/mol. The van der Waals surface area contributed by atoms with Gasteiger partial charge in [-0.2, -0.15) is 0 Å². The van der Waals surface area contributed by atoms with Crippen LogP contribution in [0.2, 0.25) is 0 Å². The van der Waals surface area contributed by atoms with Crippen molar-refractivity contribution in [1.29, 1.82) is 0 Å². The summed E-state index contributed by atoms with van der Waals surface area (Å²) in [5.74, 6) is -3.69. The summed E-state index contributed by atoms with van der Waals surface area (Å²) < 4.78 is 41.0. The van der Waals surface area contributed by atoms with Gasteiger partial charge < -0.3 is 15.3 Å². The Morgan fingerprint density at radius 1 is 1.36 bits per heavy atom. The van der Waals surface area contributed by atoms with Gasteiger partial charge in [0.25, 0.3) is 0 Å². The number of hydrogen-bond acceptors (Lipinski definition) is 6. The zero-order chi connectivity index (χ0) is 20.3. The van der Waals surface area contributed by atoms with Crippen LogP contribution in [0.5, 0.6) is 0 Å². The number of aromatic nitrogens is 1. The number of carbonyl (C=O) groups excluding carboxylic acids is 1. The van der Waals surface area contributed by atoms with E-state index in [0.717, 1.165) is 0 Å². The minimum atomic E-state index is -1.09. The van der Waals surface area contributed by atoms with Crippen LogP contribution in [0.15, 0.2) is 21.9 Å². The summed E-state index contributed by atoms with van der Waals surface area (Å²) in [5.41, 5.74) is -0.436. The average Bonchev–Trinajstić information content (AvgIpc) is 3.22. The molecule has 0 saturated carbocycles. The molecule has 1 fully saturated rings. The van der Waals surface area contributed by atoms with Crippen LogP contribution in [0.25, 0.3) is 0 Å². The molecule has 0 bridgehead atoms. The summed E-state index contributed by atoms with van der Waals surface area (Å²) >= 11 is 2.55. The van der Waals surface area contributed by atoms with Crippen LogP contribution in [-0.4, -0.2) is 51.8 Å². The van der Waals surface area contributed by atoms with E-state index >= 15 is 0 Å². The standard InChI is InChI=1S/C17H16F3N3O3S2/c18-9-5-11(19)15(12(20)6-9)21-7-10-1-2-14(24)23(10)3-4-27-17-22-13(8-28-17)16(25)26/h5-6,8,10,21H,1-4,7H2,(H,25,26). The number of amides is 1. The molecule has 2 aromatic rings. The molecule has 0 radical (unpaired) electrons. The zero-order valence-electron chi connectivity index (χ0n) is 14.5. The molecule has 150 valence electrons. The monoisotopic (exact) mass is 431 g/mol. The number of nitrogens with zero attached hydrogens (tertiary/aromatic N) is 2. The first kappa shape index (κ1) is 20.5. The van der Waals surface area contributed by atoms with Crippen molar-refractivity contribution in [2.24, 2.45) is 0 Å². The second-order valence-corrected chi connectivity index (χ2v) is 8.26. The lowest BCUT2D eigenvalue weighted by Gasteiger charge is -2.25. The zero-order valence-corrected chi connectivity index (χ0v) is 16.1. The highest BCUT2D eigenvalue weighted by atomic mass is 32.2. The number of likely N-dealkylation sites (tertiary alicyclic amines) is 1. The van der Waals surface area contributed by atoms with Gasteiger partial charge in [0, 0.05) is 48.8 Å². The van der Waals surface area contributed by atoms with Crippen molar-refractivity contribution >= 4 is 40.7 Å². The number of thiazole rings is 1. The van der Waals surface area contributed by atoms with E-state index in [1.165, 1.54) is 28.5 Å². The Bertz CT molecular complexity index is 871. The highest BCUT2D eigenvalue weighted by molar-refractivity contribution is 8.01. The summed E-state index contributed by atoms with van der Waals surface area (Å²) in [6.45, 7) is 0.530. The van der Waals surface area contributed by atoms with E-state index in [4.69, 9.17) is 5.11 Å². The van der Waals surface area contributed by atoms with Crippen molar-refractivity contribution in [3.8, 4) is 0 Å². The molecule has 2 N–H and O–H groups in total. The first-order valence-corrected chi connectivity index (χ1v) is 10.2. The Balaban J connectivity index is 1.55. The Morgan fingerprint density at radius 2 is 2.07 bits per heavy atom. The fraction of sp³-hybridized carbons (Fsp3) is 0.353. The van der Waals surface area contributed by atoms with E-state index in [1.807, 2.05) is 0 Å². The molecule has 3 rings (SSSR count). The largest absolute Gasteiger partial charge is 0.476 e. The van der Waals surface area contributed by atoms with Gasteiger partial charge in [-0.1, -0.05) is 11.8 Å². The molecule has 6 nitrogen and oxygen atoms in total. The molecule has 1 aromatic carbocycles. The van der Waals surface area contributed by atoms with E-state index in [9.17, 15) is 22.8 Å². The normalized spacial score (nSPS) is 16.6. The van der Waals surface area contributed by atoms with Gasteiger partial charge in [0.2, 0.25) is 5.91 Å². The van der Waals surface area contributed by atoms with Crippen molar-refractivity contribution in [3.63, 3.8) is 0 Å². The van der Waals surface area contributed by atoms with Crippen LogP contribution in [0.3, 0.4) is 0 Å². The predicted octanol–water partition coefficient (Wildman–Crippen LogP) is 3.45. The number of rotatable bonds is 8. The molecule has 1 aliphatic rings. The number of halogens is 3. The minimum Gasteiger partial charge on any atom is -0.476 e. The van der Waals surface area contributed by atoms with Crippen LogP contribution in [0.1, 0.15) is 23.3 Å². The molecular weight excluding hydrogens is 415 g/mol. The van der Waals surface area contributed by atoms with E-state index < -0.39 is 29.1 Å². The van der Waals surface area contributed by atoms with E-state index in [0.29, 0.717) is 41.6 Å². The fourth-order valence-corrected chi connectivity index (χ4v) is 4.71. The molecule has 1 saturated heterocycles. The van der Waals surface area contributed by atoms with Crippen LogP contribution < -0.4 is 5.32 Å². The number of thioether (sulfide) groups is 1. The summed E-state index contributed by atoms with van der Waals surface area (Å²) in [7, 11) is 0. The predicted molar refractivity (Wildman–Crippen MR) is 99.3 cm³/mol. The van der Waals surface area contributed by atoms with Crippen LogP contribution >= 0.6 is 23.1 Å². The van der Waals surface area contributed by atoms with Gasteiger partial charge in [-0.05, 0) is 6.42 Å². The van der Waals surface area contributed by atoms with Gasteiger partial charge in [0.15, 0.2) is 21.7 Å². The van der Waals surface area contributed by atoms with Gasteiger partial charge in [-0.3, -0.25) is 4.79 Å². The molecule has 1 aromatic heterocycles. The Hall–Kier alpha value is -2.27. The van der Waals surface area contributed by atoms with E-state index in [1.54, 1.807) is 4.90 Å².